The number of carbonyl (C=O) groups is 1. The van der Waals surface area contributed by atoms with Crippen LogP contribution in [0.25, 0.3) is 0 Å². The van der Waals surface area contributed by atoms with Crippen molar-refractivity contribution in [2.75, 3.05) is 17.2 Å². The maximum absolute atomic E-state index is 12.5. The largest absolute Gasteiger partial charge is 0.463 e. The highest BCUT2D eigenvalue weighted by Crippen LogP contribution is 2.13. The lowest BCUT2D eigenvalue weighted by molar-refractivity contribution is -0.147. The Morgan fingerprint density at radius 3 is 2.66 bits per heavy atom. The van der Waals surface area contributed by atoms with E-state index in [1.807, 2.05) is 19.9 Å². The third kappa shape index (κ3) is 6.90. The maximum Gasteiger partial charge on any atom is 0.306 e. The first-order valence-corrected chi connectivity index (χ1v) is 9.86. The quantitative estimate of drug-likeness (QED) is 0.356. The number of nitrogens with zero attached hydrogens (tertiary/aromatic N) is 1. The summed E-state index contributed by atoms with van der Waals surface area (Å²) in [4.78, 5) is 31.2. The van der Waals surface area contributed by atoms with Gasteiger partial charge >= 0.3 is 5.97 Å². The lowest BCUT2D eigenvalue weighted by Gasteiger charge is -2.13. The number of rotatable bonds is 10. The number of aryl methyl sites for hydroxylation is 2. The van der Waals surface area contributed by atoms with Crippen LogP contribution in [0.3, 0.4) is 0 Å². The third-order valence-corrected chi connectivity index (χ3v) is 4.45. The lowest BCUT2D eigenvalue weighted by atomic mass is 10.1. The van der Waals surface area contributed by atoms with Gasteiger partial charge < -0.3 is 21.1 Å². The molecule has 0 amide bonds. The molecule has 5 N–H and O–H groups in total. The fourth-order valence-corrected chi connectivity index (χ4v) is 2.80. The van der Waals surface area contributed by atoms with Crippen molar-refractivity contribution in [1.29, 1.82) is 0 Å². The van der Waals surface area contributed by atoms with E-state index in [2.05, 4.69) is 46.6 Å². The summed E-state index contributed by atoms with van der Waals surface area (Å²) in [6.07, 6.45) is 0.696. The lowest BCUT2D eigenvalue weighted by Crippen LogP contribution is -2.23. The van der Waals surface area contributed by atoms with E-state index in [-0.39, 0.29) is 30.6 Å². The Labute approximate surface area is 171 Å². The zero-order valence-corrected chi connectivity index (χ0v) is 17.6. The number of benzene rings is 1. The van der Waals surface area contributed by atoms with Crippen molar-refractivity contribution >= 4 is 17.6 Å². The zero-order chi connectivity index (χ0) is 21.4. The van der Waals surface area contributed by atoms with Crippen molar-refractivity contribution in [3.8, 4) is 0 Å². The van der Waals surface area contributed by atoms with Crippen molar-refractivity contribution in [2.45, 2.75) is 59.7 Å². The van der Waals surface area contributed by atoms with Gasteiger partial charge in [-0.25, -0.2) is 4.98 Å². The first-order chi connectivity index (χ1) is 13.8. The number of nitrogens with one attached hydrogen (secondary N) is 3. The Bertz CT molecular complexity index is 892. The average Bonchev–Trinajstić information content (AvgIpc) is 2.66. The molecule has 158 valence electrons. The van der Waals surface area contributed by atoms with Crippen LogP contribution in [-0.4, -0.2) is 28.6 Å². The Morgan fingerprint density at radius 2 is 2.00 bits per heavy atom. The summed E-state index contributed by atoms with van der Waals surface area (Å²) < 4.78 is 5.09. The number of aromatic amines is 1. The first-order valence-electron chi connectivity index (χ1n) is 9.86. The number of nitrogens with two attached hydrogens (primary N) is 1. The number of hydrogen-bond donors (Lipinski definition) is 4. The number of H-pyrrole nitrogens is 1. The van der Waals surface area contributed by atoms with Crippen molar-refractivity contribution in [1.82, 2.24) is 9.97 Å². The second kappa shape index (κ2) is 10.6. The van der Waals surface area contributed by atoms with Gasteiger partial charge in [0, 0.05) is 26.1 Å². The first kappa shape index (κ1) is 22.4. The Kier molecular flexibility index (Phi) is 8.21. The predicted octanol–water partition coefficient (Wildman–Crippen LogP) is 2.60. The van der Waals surface area contributed by atoms with Crippen LogP contribution in [0.15, 0.2) is 23.0 Å². The highest BCUT2D eigenvalue weighted by Gasteiger charge is 2.11. The van der Waals surface area contributed by atoms with Gasteiger partial charge in [0.1, 0.15) is 5.69 Å². The molecule has 0 fully saturated rings. The second-order valence-corrected chi connectivity index (χ2v) is 7.28. The number of aromatic nitrogens is 2. The van der Waals surface area contributed by atoms with E-state index in [1.54, 1.807) is 0 Å². The minimum absolute atomic E-state index is 0.125. The topological polar surface area (TPSA) is 122 Å². The van der Waals surface area contributed by atoms with Crippen LogP contribution in [0, 0.1) is 13.8 Å². The molecule has 8 heteroatoms. The molecule has 0 aliphatic heterocycles. The minimum atomic E-state index is -0.298. The molecule has 0 saturated carbocycles. The molecule has 1 aromatic heterocycles. The molecule has 0 aliphatic rings. The smallest absolute Gasteiger partial charge is 0.306 e. The fraction of sp³-hybridized carbons (Fsp3) is 0.476. The van der Waals surface area contributed by atoms with E-state index < -0.39 is 0 Å². The maximum atomic E-state index is 12.5. The molecule has 1 aromatic carbocycles. The van der Waals surface area contributed by atoms with Crippen LogP contribution in [-0.2, 0) is 22.6 Å². The van der Waals surface area contributed by atoms with Crippen molar-refractivity contribution in [3.63, 3.8) is 0 Å². The SMILES string of the molecule is Cc1ccc(CNc2nc(CN)c(NCCCC(=O)OC(C)C)c(=O)[nH]2)cc1C. The average molecular weight is 402 g/mol. The number of ether oxygens (including phenoxy) is 1. The van der Waals surface area contributed by atoms with Crippen LogP contribution in [0.5, 0.6) is 0 Å². The molecule has 0 bridgehead atoms. The highest BCUT2D eigenvalue weighted by atomic mass is 16.5. The molecular formula is C21H31N5O3. The highest BCUT2D eigenvalue weighted by molar-refractivity contribution is 5.69. The van der Waals surface area contributed by atoms with E-state index in [4.69, 9.17) is 10.5 Å². The summed E-state index contributed by atoms with van der Waals surface area (Å²) in [6.45, 7) is 8.86. The molecule has 2 rings (SSSR count). The normalized spacial score (nSPS) is 10.8. The van der Waals surface area contributed by atoms with Crippen LogP contribution in [0.2, 0.25) is 0 Å². The van der Waals surface area contributed by atoms with E-state index in [0.717, 1.165) is 5.56 Å². The summed E-state index contributed by atoms with van der Waals surface area (Å²) in [5, 5.41) is 6.17. The number of hydrogen-bond acceptors (Lipinski definition) is 7. The summed E-state index contributed by atoms with van der Waals surface area (Å²) in [5.74, 6) is 0.124. The molecule has 0 unspecified atom stereocenters. The molecule has 29 heavy (non-hydrogen) atoms. The fourth-order valence-electron chi connectivity index (χ4n) is 2.80. The number of anilines is 2. The molecule has 0 radical (unpaired) electrons. The summed E-state index contributed by atoms with van der Waals surface area (Å²) >= 11 is 0. The van der Waals surface area contributed by atoms with E-state index in [9.17, 15) is 9.59 Å². The predicted molar refractivity (Wildman–Crippen MR) is 115 cm³/mol. The standard InChI is InChI=1S/C21H31N5O3/c1-13(2)29-18(27)6-5-9-23-19-17(11-22)25-21(26-20(19)28)24-12-16-8-7-14(3)15(4)10-16/h7-8,10,13,23H,5-6,9,11-12,22H2,1-4H3,(H2,24,25,26,28). The molecule has 0 atom stereocenters. The van der Waals surface area contributed by atoms with Gasteiger partial charge in [-0.15, -0.1) is 0 Å². The van der Waals surface area contributed by atoms with Gasteiger partial charge in [0.05, 0.1) is 11.8 Å². The van der Waals surface area contributed by atoms with Gasteiger partial charge in [-0.2, -0.15) is 0 Å². The van der Waals surface area contributed by atoms with Gasteiger partial charge in [-0.05, 0) is 50.8 Å². The second-order valence-electron chi connectivity index (χ2n) is 7.28. The van der Waals surface area contributed by atoms with Gasteiger partial charge in [-0.3, -0.25) is 14.6 Å². The van der Waals surface area contributed by atoms with Crippen LogP contribution in [0.4, 0.5) is 11.6 Å². The zero-order valence-electron chi connectivity index (χ0n) is 17.6. The molecule has 0 aliphatic carbocycles. The number of esters is 1. The molecule has 0 saturated heterocycles. The minimum Gasteiger partial charge on any atom is -0.463 e. The van der Waals surface area contributed by atoms with Gasteiger partial charge in [-0.1, -0.05) is 18.2 Å². The van der Waals surface area contributed by atoms with Crippen molar-refractivity contribution in [2.24, 2.45) is 5.73 Å². The molecule has 1 heterocycles. The summed E-state index contributed by atoms with van der Waals surface area (Å²) in [6, 6.07) is 6.21. The van der Waals surface area contributed by atoms with Gasteiger partial charge in [0.25, 0.3) is 5.56 Å². The van der Waals surface area contributed by atoms with E-state index in [0.29, 0.717) is 36.8 Å². The van der Waals surface area contributed by atoms with Gasteiger partial charge in [0.15, 0.2) is 0 Å². The number of carbonyl (C=O) groups excluding carboxylic acids is 1. The molecule has 2 aromatic rings. The Hall–Kier alpha value is -2.87. The molecule has 0 spiro atoms. The molecular weight excluding hydrogens is 370 g/mol. The monoisotopic (exact) mass is 401 g/mol. The Balaban J connectivity index is 1.96. The van der Waals surface area contributed by atoms with Crippen LogP contribution in [0.1, 0.15) is 49.1 Å². The van der Waals surface area contributed by atoms with E-state index >= 15 is 0 Å². The van der Waals surface area contributed by atoms with Crippen molar-refractivity contribution < 1.29 is 9.53 Å². The Morgan fingerprint density at radius 1 is 1.24 bits per heavy atom. The third-order valence-electron chi connectivity index (χ3n) is 4.45. The summed E-state index contributed by atoms with van der Waals surface area (Å²) in [7, 11) is 0. The van der Waals surface area contributed by atoms with Gasteiger partial charge in [0.2, 0.25) is 5.95 Å². The van der Waals surface area contributed by atoms with E-state index in [1.165, 1.54) is 11.1 Å². The summed E-state index contributed by atoms with van der Waals surface area (Å²) in [5.41, 5.74) is 9.84. The van der Waals surface area contributed by atoms with Crippen LogP contribution < -0.4 is 21.9 Å². The molecule has 8 nitrogen and oxygen atoms in total. The van der Waals surface area contributed by atoms with Crippen molar-refractivity contribution in [3.05, 3.63) is 50.9 Å². The van der Waals surface area contributed by atoms with Crippen LogP contribution >= 0.6 is 0 Å².